The Morgan fingerprint density at radius 1 is 1.30 bits per heavy atom. The van der Waals surface area contributed by atoms with Crippen molar-refractivity contribution < 1.29 is 4.79 Å². The maximum Gasteiger partial charge on any atom is 0.137 e. The lowest BCUT2D eigenvalue weighted by atomic mass is 9.82. The van der Waals surface area contributed by atoms with Gasteiger partial charge in [-0.15, -0.1) is 0 Å². The Morgan fingerprint density at radius 3 is 3.00 bits per heavy atom. The van der Waals surface area contributed by atoms with Crippen molar-refractivity contribution in [2.45, 2.75) is 51.1 Å². The van der Waals surface area contributed by atoms with Crippen molar-refractivity contribution in [2.75, 3.05) is 6.54 Å². The first-order valence-corrected chi connectivity index (χ1v) is 7.98. The highest BCUT2D eigenvalue weighted by atomic mass is 35.5. The lowest BCUT2D eigenvalue weighted by molar-refractivity contribution is -0.126. The van der Waals surface area contributed by atoms with E-state index in [0.717, 1.165) is 49.4 Å². The van der Waals surface area contributed by atoms with Gasteiger partial charge in [0, 0.05) is 37.3 Å². The summed E-state index contributed by atoms with van der Waals surface area (Å²) in [6, 6.07) is 2.41. The van der Waals surface area contributed by atoms with E-state index >= 15 is 0 Å². The molecule has 3 rings (SSSR count). The molecule has 0 bridgehead atoms. The number of halogens is 1. The van der Waals surface area contributed by atoms with Crippen molar-refractivity contribution in [2.24, 2.45) is 5.92 Å². The van der Waals surface area contributed by atoms with E-state index < -0.39 is 0 Å². The average molecular weight is 293 g/mol. The van der Waals surface area contributed by atoms with E-state index in [0.29, 0.717) is 11.8 Å². The molecule has 1 aliphatic carbocycles. The normalized spacial score (nSPS) is 27.9. The fourth-order valence-electron chi connectivity index (χ4n) is 3.67. The number of aromatic nitrogens is 1. The van der Waals surface area contributed by atoms with Crippen molar-refractivity contribution in [1.29, 1.82) is 0 Å². The lowest BCUT2D eigenvalue weighted by Gasteiger charge is -2.33. The minimum absolute atomic E-state index is 0.256. The van der Waals surface area contributed by atoms with E-state index in [1.165, 1.54) is 12.8 Å². The van der Waals surface area contributed by atoms with E-state index in [-0.39, 0.29) is 5.92 Å². The summed E-state index contributed by atoms with van der Waals surface area (Å²) in [5.74, 6) is 0.737. The van der Waals surface area contributed by atoms with Gasteiger partial charge < -0.3 is 0 Å². The number of rotatable bonds is 3. The van der Waals surface area contributed by atoms with Crippen LogP contribution in [-0.2, 0) is 11.3 Å². The van der Waals surface area contributed by atoms with Crippen molar-refractivity contribution >= 4 is 17.4 Å². The molecule has 20 heavy (non-hydrogen) atoms. The van der Waals surface area contributed by atoms with Crippen LogP contribution in [-0.4, -0.2) is 28.3 Å². The lowest BCUT2D eigenvalue weighted by Crippen LogP contribution is -2.40. The molecule has 2 aliphatic rings. The van der Waals surface area contributed by atoms with Crippen LogP contribution in [0.4, 0.5) is 0 Å². The summed E-state index contributed by atoms with van der Waals surface area (Å²) in [5, 5.41) is 0.730. The number of pyridine rings is 1. The Labute approximate surface area is 125 Å². The van der Waals surface area contributed by atoms with E-state index in [4.69, 9.17) is 11.6 Å². The molecule has 0 spiro atoms. The van der Waals surface area contributed by atoms with Crippen LogP contribution < -0.4 is 0 Å². The number of carbonyl (C=O) groups excluding carboxylic acids is 1. The highest BCUT2D eigenvalue weighted by Crippen LogP contribution is 2.33. The number of ketones is 1. The number of hydrogen-bond acceptors (Lipinski definition) is 3. The topological polar surface area (TPSA) is 33.2 Å². The molecule has 1 aromatic rings. The molecule has 1 aromatic heterocycles. The molecule has 2 heterocycles. The monoisotopic (exact) mass is 292 g/mol. The maximum absolute atomic E-state index is 12.2. The Kier molecular flexibility index (Phi) is 4.37. The highest BCUT2D eigenvalue weighted by Gasteiger charge is 2.36. The predicted molar refractivity (Wildman–Crippen MR) is 79.6 cm³/mol. The van der Waals surface area contributed by atoms with Crippen LogP contribution in [0.5, 0.6) is 0 Å². The number of nitrogens with zero attached hydrogens (tertiary/aromatic N) is 2. The smallest absolute Gasteiger partial charge is 0.137 e. The van der Waals surface area contributed by atoms with Crippen LogP contribution in [0.3, 0.4) is 0 Å². The minimum atomic E-state index is 0.256. The first-order chi connectivity index (χ1) is 9.75. The molecule has 2 fully saturated rings. The number of Topliss-reactive ketones (excluding diaryl/α,β-unsaturated/α-hetero) is 1. The first kappa shape index (κ1) is 14.0. The van der Waals surface area contributed by atoms with Gasteiger partial charge in [-0.05, 0) is 43.9 Å². The Balaban J connectivity index is 1.72. The van der Waals surface area contributed by atoms with Gasteiger partial charge in [0.1, 0.15) is 5.78 Å². The second kappa shape index (κ2) is 6.23. The van der Waals surface area contributed by atoms with Gasteiger partial charge in [0.2, 0.25) is 0 Å². The summed E-state index contributed by atoms with van der Waals surface area (Å²) in [7, 11) is 0. The zero-order valence-corrected chi connectivity index (χ0v) is 12.5. The van der Waals surface area contributed by atoms with Crippen LogP contribution in [0.25, 0.3) is 0 Å². The second-order valence-corrected chi connectivity index (χ2v) is 6.37. The fourth-order valence-corrected chi connectivity index (χ4v) is 3.85. The van der Waals surface area contributed by atoms with Crippen LogP contribution in [0.1, 0.15) is 44.1 Å². The van der Waals surface area contributed by atoms with Crippen LogP contribution in [0.2, 0.25) is 5.02 Å². The van der Waals surface area contributed by atoms with Crippen LogP contribution in [0.15, 0.2) is 18.5 Å². The molecule has 3 nitrogen and oxygen atoms in total. The summed E-state index contributed by atoms with van der Waals surface area (Å²) in [5.41, 5.74) is 1.12. The highest BCUT2D eigenvalue weighted by molar-refractivity contribution is 6.31. The maximum atomic E-state index is 12.2. The van der Waals surface area contributed by atoms with Gasteiger partial charge in [-0.1, -0.05) is 18.0 Å². The molecule has 0 amide bonds. The fraction of sp³-hybridized carbons (Fsp3) is 0.625. The largest absolute Gasteiger partial charge is 0.299 e. The van der Waals surface area contributed by atoms with Gasteiger partial charge in [0.05, 0.1) is 5.02 Å². The van der Waals surface area contributed by atoms with Gasteiger partial charge in [-0.3, -0.25) is 14.7 Å². The first-order valence-electron chi connectivity index (χ1n) is 7.61. The van der Waals surface area contributed by atoms with Crippen molar-refractivity contribution in [3.05, 3.63) is 29.0 Å². The van der Waals surface area contributed by atoms with E-state index in [9.17, 15) is 4.79 Å². The zero-order chi connectivity index (χ0) is 13.9. The van der Waals surface area contributed by atoms with Crippen LogP contribution in [0, 0.1) is 5.92 Å². The SMILES string of the molecule is O=C1CCCCC1C1CCCN1Cc1ccncc1Cl. The Hall–Kier alpha value is -0.930. The third kappa shape index (κ3) is 2.89. The van der Waals surface area contributed by atoms with Gasteiger partial charge in [-0.25, -0.2) is 0 Å². The molecule has 2 atom stereocenters. The molecular weight excluding hydrogens is 272 g/mol. The standard InChI is InChI=1S/C16H21ClN2O/c17-14-10-18-8-7-12(14)11-19-9-3-5-15(19)13-4-1-2-6-16(13)20/h7-8,10,13,15H,1-6,9,11H2. The van der Waals surface area contributed by atoms with E-state index in [2.05, 4.69) is 9.88 Å². The number of carbonyl (C=O) groups is 1. The molecule has 0 N–H and O–H groups in total. The predicted octanol–water partition coefficient (Wildman–Crippen LogP) is 3.46. The summed E-state index contributed by atoms with van der Waals surface area (Å²) >= 11 is 6.21. The summed E-state index contributed by atoms with van der Waals surface area (Å²) < 4.78 is 0. The van der Waals surface area contributed by atoms with Crippen LogP contribution >= 0.6 is 11.6 Å². The average Bonchev–Trinajstić information content (AvgIpc) is 2.90. The molecule has 1 saturated carbocycles. The summed E-state index contributed by atoms with van der Waals surface area (Å²) in [6.07, 6.45) is 9.98. The molecule has 0 radical (unpaired) electrons. The zero-order valence-electron chi connectivity index (χ0n) is 11.7. The Morgan fingerprint density at radius 2 is 2.20 bits per heavy atom. The molecule has 108 valence electrons. The summed E-state index contributed by atoms with van der Waals surface area (Å²) in [4.78, 5) is 18.7. The van der Waals surface area contributed by atoms with Gasteiger partial charge in [-0.2, -0.15) is 0 Å². The molecular formula is C16H21ClN2O. The number of hydrogen-bond donors (Lipinski definition) is 0. The van der Waals surface area contributed by atoms with Crippen molar-refractivity contribution in [1.82, 2.24) is 9.88 Å². The van der Waals surface area contributed by atoms with Gasteiger partial charge >= 0.3 is 0 Å². The molecule has 2 unspecified atom stereocenters. The quantitative estimate of drug-likeness (QED) is 0.855. The molecule has 4 heteroatoms. The minimum Gasteiger partial charge on any atom is -0.299 e. The van der Waals surface area contributed by atoms with Gasteiger partial charge in [0.25, 0.3) is 0 Å². The van der Waals surface area contributed by atoms with E-state index in [1.54, 1.807) is 12.4 Å². The van der Waals surface area contributed by atoms with Crippen molar-refractivity contribution in [3.63, 3.8) is 0 Å². The molecule has 1 saturated heterocycles. The van der Waals surface area contributed by atoms with E-state index in [1.807, 2.05) is 6.07 Å². The Bertz CT molecular complexity index is 491. The molecule has 1 aliphatic heterocycles. The third-order valence-corrected chi connectivity index (χ3v) is 5.05. The number of likely N-dealkylation sites (tertiary alicyclic amines) is 1. The summed E-state index contributed by atoms with van der Waals surface area (Å²) in [6.45, 7) is 1.92. The van der Waals surface area contributed by atoms with Crippen molar-refractivity contribution in [3.8, 4) is 0 Å². The van der Waals surface area contributed by atoms with Gasteiger partial charge in [0.15, 0.2) is 0 Å². The third-order valence-electron chi connectivity index (χ3n) is 4.71. The molecule has 0 aromatic carbocycles. The second-order valence-electron chi connectivity index (χ2n) is 5.97.